The Labute approximate surface area is 124 Å². The summed E-state index contributed by atoms with van der Waals surface area (Å²) in [7, 11) is -3.85. The van der Waals surface area contributed by atoms with Gasteiger partial charge < -0.3 is 5.11 Å². The van der Waals surface area contributed by atoms with Crippen LogP contribution in [0.25, 0.3) is 6.08 Å². The van der Waals surface area contributed by atoms with Crippen LogP contribution in [0.1, 0.15) is 11.4 Å². The molecular weight excluding hydrogens is 316 g/mol. The van der Waals surface area contributed by atoms with Gasteiger partial charge in [-0.1, -0.05) is 0 Å². The van der Waals surface area contributed by atoms with Gasteiger partial charge in [-0.2, -0.15) is 4.37 Å². The summed E-state index contributed by atoms with van der Waals surface area (Å²) in [5.74, 6) is -0.667. The highest BCUT2D eigenvalue weighted by Crippen LogP contribution is 2.18. The molecule has 0 aromatic carbocycles. The number of carboxylic acids is 1. The van der Waals surface area contributed by atoms with Gasteiger partial charge >= 0.3 is 5.97 Å². The smallest absolute Gasteiger partial charge is 0.328 e. The minimum Gasteiger partial charge on any atom is -0.478 e. The Morgan fingerprint density at radius 2 is 2.19 bits per heavy atom. The minimum absolute atomic E-state index is 0.0945. The highest BCUT2D eigenvalue weighted by atomic mass is 32.2. The third kappa shape index (κ3) is 4.07. The molecule has 0 aliphatic heterocycles. The van der Waals surface area contributed by atoms with Crippen molar-refractivity contribution in [1.82, 2.24) is 14.3 Å². The lowest BCUT2D eigenvalue weighted by Crippen LogP contribution is -2.13. The zero-order valence-corrected chi connectivity index (χ0v) is 12.3. The zero-order chi connectivity index (χ0) is 15.5. The third-order valence-electron chi connectivity index (χ3n) is 2.21. The molecule has 2 heterocycles. The van der Waals surface area contributed by atoms with Crippen molar-refractivity contribution in [3.63, 3.8) is 0 Å². The fraction of sp³-hybridized carbons (Fsp3) is 0.0909. The van der Waals surface area contributed by atoms with Crippen molar-refractivity contribution in [2.24, 2.45) is 0 Å². The molecular formula is C11H10N4O4S2. The van der Waals surface area contributed by atoms with E-state index in [-0.39, 0.29) is 10.0 Å². The molecule has 0 atom stereocenters. The largest absolute Gasteiger partial charge is 0.478 e. The van der Waals surface area contributed by atoms with E-state index in [0.29, 0.717) is 11.4 Å². The standard InChI is InChI=1S/C11H10N4O4S2/c1-7-13-11(20-14-7)15-21(18,19)9-4-8(5-12-6-9)2-3-10(16)17/h2-6H,1H3,(H,16,17)(H,13,14,15)/b3-2+. The summed E-state index contributed by atoms with van der Waals surface area (Å²) < 4.78 is 30.5. The minimum atomic E-state index is -3.85. The predicted molar refractivity (Wildman–Crippen MR) is 76.4 cm³/mol. The van der Waals surface area contributed by atoms with Gasteiger partial charge in [0.25, 0.3) is 10.0 Å². The second-order valence-electron chi connectivity index (χ2n) is 3.88. The summed E-state index contributed by atoms with van der Waals surface area (Å²) in [6, 6.07) is 1.31. The van der Waals surface area contributed by atoms with Crippen LogP contribution >= 0.6 is 11.5 Å². The van der Waals surface area contributed by atoms with Crippen LogP contribution in [-0.2, 0) is 14.8 Å². The second-order valence-corrected chi connectivity index (χ2v) is 6.31. The van der Waals surface area contributed by atoms with Gasteiger partial charge in [-0.05, 0) is 24.6 Å². The topological polar surface area (TPSA) is 122 Å². The number of hydrogen-bond donors (Lipinski definition) is 2. The number of sulfonamides is 1. The summed E-state index contributed by atoms with van der Waals surface area (Å²) in [5, 5.41) is 8.70. The van der Waals surface area contributed by atoms with Crippen LogP contribution in [-0.4, -0.2) is 33.8 Å². The van der Waals surface area contributed by atoms with Gasteiger partial charge in [0.2, 0.25) is 5.13 Å². The molecule has 0 saturated carbocycles. The lowest BCUT2D eigenvalue weighted by atomic mass is 10.2. The molecule has 0 fully saturated rings. The van der Waals surface area contributed by atoms with E-state index < -0.39 is 16.0 Å². The maximum Gasteiger partial charge on any atom is 0.328 e. The number of nitrogens with zero attached hydrogens (tertiary/aromatic N) is 3. The van der Waals surface area contributed by atoms with Crippen molar-refractivity contribution in [2.75, 3.05) is 4.72 Å². The van der Waals surface area contributed by atoms with Gasteiger partial charge in [0.15, 0.2) is 0 Å². The van der Waals surface area contributed by atoms with Gasteiger partial charge in [-0.25, -0.2) is 18.2 Å². The maximum absolute atomic E-state index is 12.1. The Bertz CT molecular complexity index is 798. The van der Waals surface area contributed by atoms with E-state index in [1.54, 1.807) is 6.92 Å². The molecule has 21 heavy (non-hydrogen) atoms. The van der Waals surface area contributed by atoms with Crippen molar-refractivity contribution >= 4 is 38.7 Å². The zero-order valence-electron chi connectivity index (χ0n) is 10.7. The van der Waals surface area contributed by atoms with E-state index >= 15 is 0 Å². The number of hydrogen-bond acceptors (Lipinski definition) is 7. The number of aliphatic carboxylic acids is 1. The van der Waals surface area contributed by atoms with E-state index in [1.807, 2.05) is 0 Å². The molecule has 10 heteroatoms. The van der Waals surface area contributed by atoms with Crippen molar-refractivity contribution in [2.45, 2.75) is 11.8 Å². The van der Waals surface area contributed by atoms with Gasteiger partial charge in [-0.3, -0.25) is 9.71 Å². The first-order chi connectivity index (χ1) is 9.87. The first-order valence-electron chi connectivity index (χ1n) is 5.56. The normalized spacial score (nSPS) is 11.7. The number of pyridine rings is 1. The van der Waals surface area contributed by atoms with Gasteiger partial charge in [-0.15, -0.1) is 0 Å². The predicted octanol–water partition coefficient (Wildman–Crippen LogP) is 1.14. The Morgan fingerprint density at radius 1 is 1.43 bits per heavy atom. The summed E-state index contributed by atoms with van der Waals surface area (Å²) >= 11 is 0.926. The first kappa shape index (κ1) is 15.1. The molecule has 0 bridgehead atoms. The van der Waals surface area contributed by atoms with E-state index in [9.17, 15) is 13.2 Å². The fourth-order valence-electron chi connectivity index (χ4n) is 1.35. The number of carboxylic acid groups (broad SMARTS) is 1. The van der Waals surface area contributed by atoms with Crippen molar-refractivity contribution in [3.05, 3.63) is 35.9 Å². The summed E-state index contributed by atoms with van der Waals surface area (Å²) in [6.07, 6.45) is 4.67. The molecule has 0 amide bonds. The lowest BCUT2D eigenvalue weighted by Gasteiger charge is -2.04. The quantitative estimate of drug-likeness (QED) is 0.790. The van der Waals surface area contributed by atoms with Crippen LogP contribution in [0.3, 0.4) is 0 Å². The van der Waals surface area contributed by atoms with E-state index in [0.717, 1.165) is 23.8 Å². The molecule has 0 saturated heterocycles. The molecule has 0 aliphatic rings. The van der Waals surface area contributed by atoms with Gasteiger partial charge in [0.05, 0.1) is 0 Å². The Hall–Kier alpha value is -2.33. The molecule has 0 unspecified atom stereocenters. The molecule has 0 radical (unpaired) electrons. The highest BCUT2D eigenvalue weighted by molar-refractivity contribution is 7.93. The van der Waals surface area contributed by atoms with Crippen LogP contribution in [0, 0.1) is 6.92 Å². The average Bonchev–Trinajstić information content (AvgIpc) is 2.81. The molecule has 8 nitrogen and oxygen atoms in total. The molecule has 110 valence electrons. The van der Waals surface area contributed by atoms with Crippen molar-refractivity contribution in [3.8, 4) is 0 Å². The Balaban J connectivity index is 2.27. The number of aryl methyl sites for hydroxylation is 1. The maximum atomic E-state index is 12.1. The highest BCUT2D eigenvalue weighted by Gasteiger charge is 2.17. The number of nitrogens with one attached hydrogen (secondary N) is 1. The lowest BCUT2D eigenvalue weighted by molar-refractivity contribution is -0.131. The van der Waals surface area contributed by atoms with Crippen molar-refractivity contribution in [1.29, 1.82) is 0 Å². The Morgan fingerprint density at radius 3 is 2.81 bits per heavy atom. The number of anilines is 1. The summed E-state index contributed by atoms with van der Waals surface area (Å²) in [6.45, 7) is 1.65. The monoisotopic (exact) mass is 326 g/mol. The SMILES string of the molecule is Cc1nsc(NS(=O)(=O)c2cncc(/C=C/C(=O)O)c2)n1. The molecule has 2 aromatic rings. The van der Waals surface area contributed by atoms with E-state index in [1.165, 1.54) is 18.3 Å². The molecule has 0 spiro atoms. The van der Waals surface area contributed by atoms with E-state index in [2.05, 4.69) is 19.1 Å². The number of carbonyl (C=O) groups is 1. The molecule has 2 aromatic heterocycles. The summed E-state index contributed by atoms with van der Waals surface area (Å²) in [5.41, 5.74) is 0.355. The van der Waals surface area contributed by atoms with Crippen LogP contribution in [0.2, 0.25) is 0 Å². The van der Waals surface area contributed by atoms with E-state index in [4.69, 9.17) is 5.11 Å². The van der Waals surface area contributed by atoms with Gasteiger partial charge in [0.1, 0.15) is 10.7 Å². The number of aromatic nitrogens is 3. The number of rotatable bonds is 5. The first-order valence-corrected chi connectivity index (χ1v) is 7.82. The van der Waals surface area contributed by atoms with Crippen LogP contribution in [0.4, 0.5) is 5.13 Å². The third-order valence-corrected chi connectivity index (χ3v) is 4.37. The van der Waals surface area contributed by atoms with Crippen LogP contribution < -0.4 is 4.72 Å². The molecule has 2 N–H and O–H groups in total. The van der Waals surface area contributed by atoms with Gasteiger partial charge in [0, 0.05) is 30.0 Å². The summed E-state index contributed by atoms with van der Waals surface area (Å²) in [4.78, 5) is 18.0. The fourth-order valence-corrected chi connectivity index (χ4v) is 3.15. The Kier molecular flexibility index (Phi) is 4.29. The average molecular weight is 326 g/mol. The van der Waals surface area contributed by atoms with Crippen LogP contribution in [0.15, 0.2) is 29.4 Å². The molecule has 2 rings (SSSR count). The second kappa shape index (κ2) is 5.97. The van der Waals surface area contributed by atoms with Crippen LogP contribution in [0.5, 0.6) is 0 Å². The van der Waals surface area contributed by atoms with Crippen molar-refractivity contribution < 1.29 is 18.3 Å². The molecule has 0 aliphatic carbocycles.